The van der Waals surface area contributed by atoms with Gasteiger partial charge in [0.25, 0.3) is 0 Å². The third-order valence-corrected chi connectivity index (χ3v) is 2.12. The van der Waals surface area contributed by atoms with E-state index in [1.807, 2.05) is 0 Å². The van der Waals surface area contributed by atoms with Gasteiger partial charge in [0.15, 0.2) is 11.5 Å². The normalized spacial score (nSPS) is 10.3. The molecule has 0 unspecified atom stereocenters. The summed E-state index contributed by atoms with van der Waals surface area (Å²) in [6.07, 6.45) is 2.81. The lowest BCUT2D eigenvalue weighted by molar-refractivity contribution is -0.134. The summed E-state index contributed by atoms with van der Waals surface area (Å²) in [5.41, 5.74) is 0.655. The number of aromatic hydroxyl groups is 1. The van der Waals surface area contributed by atoms with Gasteiger partial charge in [0, 0.05) is 6.08 Å². The van der Waals surface area contributed by atoms with Crippen LogP contribution < -0.4 is 9.47 Å². The molecule has 0 saturated heterocycles. The van der Waals surface area contributed by atoms with Crippen LogP contribution in [0.2, 0.25) is 0 Å². The maximum absolute atomic E-state index is 10.9. The van der Waals surface area contributed by atoms with Gasteiger partial charge in [0.2, 0.25) is 5.75 Å². The van der Waals surface area contributed by atoms with E-state index in [0.29, 0.717) is 5.56 Å². The highest BCUT2D eigenvalue weighted by Crippen LogP contribution is 2.37. The quantitative estimate of drug-likeness (QED) is 0.637. The van der Waals surface area contributed by atoms with Crippen molar-refractivity contribution in [3.8, 4) is 17.2 Å². The molecule has 0 bridgehead atoms. The molecule has 0 aliphatic carbocycles. The van der Waals surface area contributed by atoms with Crippen molar-refractivity contribution in [2.75, 3.05) is 21.3 Å². The summed E-state index contributed by atoms with van der Waals surface area (Å²) in [5, 5.41) is 9.67. The predicted molar refractivity (Wildman–Crippen MR) is 62.3 cm³/mol. The topological polar surface area (TPSA) is 65.0 Å². The minimum atomic E-state index is -0.462. The number of carbonyl (C=O) groups excluding carboxylic acids is 1. The highest BCUT2D eigenvalue weighted by Gasteiger charge is 2.09. The van der Waals surface area contributed by atoms with Gasteiger partial charge in [-0.15, -0.1) is 0 Å². The molecule has 5 nitrogen and oxygen atoms in total. The minimum Gasteiger partial charge on any atom is -0.502 e. The molecule has 1 aromatic carbocycles. The zero-order valence-electron chi connectivity index (χ0n) is 9.89. The first-order valence-corrected chi connectivity index (χ1v) is 4.83. The molecule has 0 aromatic heterocycles. The summed E-state index contributed by atoms with van der Waals surface area (Å²) >= 11 is 0. The van der Waals surface area contributed by atoms with Crippen molar-refractivity contribution in [1.82, 2.24) is 0 Å². The molecule has 0 atom stereocenters. The van der Waals surface area contributed by atoms with Crippen LogP contribution in [0.5, 0.6) is 17.2 Å². The lowest BCUT2D eigenvalue weighted by atomic mass is 10.1. The number of benzene rings is 1. The Morgan fingerprint density at radius 2 is 1.71 bits per heavy atom. The van der Waals surface area contributed by atoms with Crippen LogP contribution in [0.3, 0.4) is 0 Å². The number of methoxy groups -OCH3 is 3. The molecule has 92 valence electrons. The average molecular weight is 238 g/mol. The van der Waals surface area contributed by atoms with Crippen molar-refractivity contribution in [2.45, 2.75) is 0 Å². The van der Waals surface area contributed by atoms with Crippen LogP contribution in [0.4, 0.5) is 0 Å². The van der Waals surface area contributed by atoms with Crippen molar-refractivity contribution >= 4 is 12.0 Å². The highest BCUT2D eigenvalue weighted by atomic mass is 16.5. The molecule has 0 radical (unpaired) electrons. The van der Waals surface area contributed by atoms with Crippen LogP contribution in [-0.2, 0) is 9.53 Å². The molecule has 0 amide bonds. The van der Waals surface area contributed by atoms with Gasteiger partial charge in [-0.25, -0.2) is 4.79 Å². The van der Waals surface area contributed by atoms with Crippen LogP contribution in [0.1, 0.15) is 5.56 Å². The SMILES string of the molecule is COC(=O)/C=C/c1cc(OC)c(O)c(OC)c1. The van der Waals surface area contributed by atoms with Gasteiger partial charge >= 0.3 is 5.97 Å². The Morgan fingerprint density at radius 3 is 2.12 bits per heavy atom. The number of phenolic OH excluding ortho intramolecular Hbond substituents is 1. The van der Waals surface area contributed by atoms with E-state index in [1.54, 1.807) is 12.1 Å². The smallest absolute Gasteiger partial charge is 0.330 e. The zero-order chi connectivity index (χ0) is 12.8. The summed E-state index contributed by atoms with van der Waals surface area (Å²) in [7, 11) is 4.16. The fourth-order valence-electron chi connectivity index (χ4n) is 1.24. The Hall–Kier alpha value is -2.17. The first-order valence-electron chi connectivity index (χ1n) is 4.83. The minimum absolute atomic E-state index is 0.0785. The van der Waals surface area contributed by atoms with Gasteiger partial charge in [0.05, 0.1) is 21.3 Å². The number of phenols is 1. The Bertz CT molecular complexity index is 412. The van der Waals surface area contributed by atoms with E-state index in [2.05, 4.69) is 4.74 Å². The van der Waals surface area contributed by atoms with Gasteiger partial charge in [-0.3, -0.25) is 0 Å². The lowest BCUT2D eigenvalue weighted by Crippen LogP contribution is -1.94. The highest BCUT2D eigenvalue weighted by molar-refractivity contribution is 5.87. The van der Waals surface area contributed by atoms with E-state index < -0.39 is 5.97 Å². The van der Waals surface area contributed by atoms with Crippen molar-refractivity contribution in [3.05, 3.63) is 23.8 Å². The molecule has 0 spiro atoms. The van der Waals surface area contributed by atoms with Crippen molar-refractivity contribution in [3.63, 3.8) is 0 Å². The van der Waals surface area contributed by atoms with Crippen molar-refractivity contribution < 1.29 is 24.1 Å². The monoisotopic (exact) mass is 238 g/mol. The average Bonchev–Trinajstić information content (AvgIpc) is 2.36. The summed E-state index contributed by atoms with van der Waals surface area (Å²) in [5.74, 6) is 0.00367. The van der Waals surface area contributed by atoms with E-state index in [0.717, 1.165) is 0 Å². The molecule has 17 heavy (non-hydrogen) atoms. The van der Waals surface area contributed by atoms with Crippen LogP contribution in [0.15, 0.2) is 18.2 Å². The Kier molecular flexibility index (Phi) is 4.39. The van der Waals surface area contributed by atoms with Gasteiger partial charge in [-0.2, -0.15) is 0 Å². The summed E-state index contributed by atoms with van der Waals surface area (Å²) in [6.45, 7) is 0. The number of carbonyl (C=O) groups is 1. The van der Waals surface area contributed by atoms with Crippen LogP contribution in [0.25, 0.3) is 6.08 Å². The first kappa shape index (κ1) is 12.9. The van der Waals surface area contributed by atoms with Crippen molar-refractivity contribution in [1.29, 1.82) is 0 Å². The van der Waals surface area contributed by atoms with E-state index in [-0.39, 0.29) is 17.2 Å². The number of hydrogen-bond donors (Lipinski definition) is 1. The first-order chi connectivity index (χ1) is 8.12. The molecule has 0 aliphatic rings. The number of ether oxygens (including phenoxy) is 3. The summed E-state index contributed by atoms with van der Waals surface area (Å²) in [4.78, 5) is 10.9. The Balaban J connectivity index is 3.09. The number of rotatable bonds is 4. The summed E-state index contributed by atoms with van der Waals surface area (Å²) < 4.78 is 14.4. The van der Waals surface area contributed by atoms with E-state index in [1.165, 1.54) is 33.5 Å². The van der Waals surface area contributed by atoms with Gasteiger partial charge in [-0.05, 0) is 23.8 Å². The summed E-state index contributed by atoms with van der Waals surface area (Å²) in [6, 6.07) is 3.16. The fraction of sp³-hybridized carbons (Fsp3) is 0.250. The Labute approximate surface area is 99.2 Å². The van der Waals surface area contributed by atoms with Crippen molar-refractivity contribution in [2.24, 2.45) is 0 Å². The second kappa shape index (κ2) is 5.79. The predicted octanol–water partition coefficient (Wildman–Crippen LogP) is 1.60. The van der Waals surface area contributed by atoms with Gasteiger partial charge in [0.1, 0.15) is 0 Å². The molecule has 1 aromatic rings. The van der Waals surface area contributed by atoms with Crippen LogP contribution in [-0.4, -0.2) is 32.4 Å². The maximum atomic E-state index is 10.9. The molecular formula is C12H14O5. The standard InChI is InChI=1S/C12H14O5/c1-15-9-6-8(4-5-11(13)17-3)7-10(16-2)12(9)14/h4-7,14H,1-3H3/b5-4+. The third-order valence-electron chi connectivity index (χ3n) is 2.12. The van der Waals surface area contributed by atoms with Gasteiger partial charge in [-0.1, -0.05) is 0 Å². The molecule has 1 N–H and O–H groups in total. The molecule has 0 fully saturated rings. The Morgan fingerprint density at radius 1 is 1.18 bits per heavy atom. The molecule has 0 heterocycles. The number of esters is 1. The molecule has 0 saturated carbocycles. The number of hydrogen-bond acceptors (Lipinski definition) is 5. The zero-order valence-corrected chi connectivity index (χ0v) is 9.89. The maximum Gasteiger partial charge on any atom is 0.330 e. The second-order valence-electron chi connectivity index (χ2n) is 3.13. The third kappa shape index (κ3) is 3.14. The lowest BCUT2D eigenvalue weighted by Gasteiger charge is -2.09. The molecule has 0 aliphatic heterocycles. The van der Waals surface area contributed by atoms with E-state index in [4.69, 9.17) is 9.47 Å². The largest absolute Gasteiger partial charge is 0.502 e. The molecule has 1 rings (SSSR count). The van der Waals surface area contributed by atoms with E-state index >= 15 is 0 Å². The molecule has 5 heteroatoms. The van der Waals surface area contributed by atoms with Crippen LogP contribution in [0, 0.1) is 0 Å². The fourth-order valence-corrected chi connectivity index (χ4v) is 1.24. The van der Waals surface area contributed by atoms with E-state index in [9.17, 15) is 9.90 Å². The molecular weight excluding hydrogens is 224 g/mol. The second-order valence-corrected chi connectivity index (χ2v) is 3.13. The van der Waals surface area contributed by atoms with Gasteiger partial charge < -0.3 is 19.3 Å². The van der Waals surface area contributed by atoms with Crippen LogP contribution >= 0.6 is 0 Å².